The van der Waals surface area contributed by atoms with E-state index in [2.05, 4.69) is 19.2 Å². The molecule has 0 radical (unpaired) electrons. The average molecular weight is 425 g/mol. The third-order valence-corrected chi connectivity index (χ3v) is 5.23. The highest BCUT2D eigenvalue weighted by Gasteiger charge is 2.26. The summed E-state index contributed by atoms with van der Waals surface area (Å²) in [6, 6.07) is 17.2. The number of hydrogen-bond acceptors (Lipinski definition) is 3. The van der Waals surface area contributed by atoms with Crippen molar-refractivity contribution in [3.05, 3.63) is 65.7 Å². The summed E-state index contributed by atoms with van der Waals surface area (Å²) in [4.78, 5) is 27.4. The highest BCUT2D eigenvalue weighted by Crippen LogP contribution is 2.25. The minimum absolute atomic E-state index is 0.0969. The van der Waals surface area contributed by atoms with Crippen LogP contribution < -0.4 is 10.1 Å². The number of amides is 2. The lowest BCUT2D eigenvalue weighted by atomic mass is 10.0. The Kier molecular flexibility index (Phi) is 9.57. The number of carbonyl (C=O) groups is 2. The molecular weight excluding hydrogens is 388 g/mol. The number of ether oxygens (including phenoxy) is 1. The number of benzene rings is 2. The third kappa shape index (κ3) is 7.74. The van der Waals surface area contributed by atoms with Gasteiger partial charge in [0.2, 0.25) is 5.91 Å². The number of para-hydroxylation sites is 1. The second kappa shape index (κ2) is 12.1. The summed E-state index contributed by atoms with van der Waals surface area (Å²) in [5.74, 6) is 1.02. The van der Waals surface area contributed by atoms with Crippen molar-refractivity contribution in [2.75, 3.05) is 19.7 Å². The molecule has 31 heavy (non-hydrogen) atoms. The first-order valence-electron chi connectivity index (χ1n) is 11.1. The maximum absolute atomic E-state index is 13.1. The van der Waals surface area contributed by atoms with Gasteiger partial charge in [0.05, 0.1) is 0 Å². The molecule has 0 aliphatic rings. The molecule has 0 fully saturated rings. The first-order valence-corrected chi connectivity index (χ1v) is 11.1. The van der Waals surface area contributed by atoms with Crippen LogP contribution in [-0.2, 0) is 16.0 Å². The molecule has 0 aromatic heterocycles. The van der Waals surface area contributed by atoms with Crippen LogP contribution in [0.25, 0.3) is 0 Å². The standard InChI is InChI=1S/C26H36N2O3/c1-19(2)17-27-26(30)21(5)28(16-15-22-11-7-6-8-12-22)25(29)18-31-24-14-10-9-13-23(24)20(3)4/h6-14,19-21H,15-18H2,1-5H3,(H,27,30)/t21-/m0/s1. The quantitative estimate of drug-likeness (QED) is 0.581. The molecule has 0 spiro atoms. The Morgan fingerprint density at radius 2 is 1.58 bits per heavy atom. The Balaban J connectivity index is 2.10. The number of carbonyl (C=O) groups excluding carboxylic acids is 2. The van der Waals surface area contributed by atoms with Crippen molar-refractivity contribution in [1.82, 2.24) is 10.2 Å². The molecule has 2 aromatic rings. The fourth-order valence-electron chi connectivity index (χ4n) is 3.33. The molecule has 1 atom stereocenters. The first kappa shape index (κ1) is 24.4. The highest BCUT2D eigenvalue weighted by atomic mass is 16.5. The molecule has 2 aromatic carbocycles. The maximum atomic E-state index is 13.1. The van der Waals surface area contributed by atoms with Gasteiger partial charge in [0.25, 0.3) is 5.91 Å². The van der Waals surface area contributed by atoms with Crippen LogP contribution in [0.2, 0.25) is 0 Å². The van der Waals surface area contributed by atoms with E-state index in [4.69, 9.17) is 4.74 Å². The van der Waals surface area contributed by atoms with Gasteiger partial charge in [0, 0.05) is 13.1 Å². The van der Waals surface area contributed by atoms with E-state index < -0.39 is 6.04 Å². The topological polar surface area (TPSA) is 58.6 Å². The zero-order valence-electron chi connectivity index (χ0n) is 19.4. The lowest BCUT2D eigenvalue weighted by Crippen LogP contribution is -2.50. The Hall–Kier alpha value is -2.82. The summed E-state index contributed by atoms with van der Waals surface area (Å²) >= 11 is 0. The van der Waals surface area contributed by atoms with Crippen molar-refractivity contribution in [1.29, 1.82) is 0 Å². The van der Waals surface area contributed by atoms with Gasteiger partial charge in [0.1, 0.15) is 11.8 Å². The van der Waals surface area contributed by atoms with Gasteiger partial charge in [-0.05, 0) is 42.4 Å². The van der Waals surface area contributed by atoms with Crippen LogP contribution in [0, 0.1) is 5.92 Å². The Bertz CT molecular complexity index is 834. The van der Waals surface area contributed by atoms with E-state index in [0.717, 1.165) is 11.1 Å². The fraction of sp³-hybridized carbons (Fsp3) is 0.462. The third-order valence-electron chi connectivity index (χ3n) is 5.23. The largest absolute Gasteiger partial charge is 0.483 e. The molecule has 168 valence electrons. The van der Waals surface area contributed by atoms with Crippen molar-refractivity contribution in [2.24, 2.45) is 5.92 Å². The van der Waals surface area contributed by atoms with Crippen molar-refractivity contribution >= 4 is 11.8 Å². The predicted molar refractivity (Wildman–Crippen MR) is 125 cm³/mol. The predicted octanol–water partition coefficient (Wildman–Crippen LogP) is 4.42. The summed E-state index contributed by atoms with van der Waals surface area (Å²) in [7, 11) is 0. The van der Waals surface area contributed by atoms with E-state index in [1.165, 1.54) is 0 Å². The molecule has 0 aliphatic heterocycles. The summed E-state index contributed by atoms with van der Waals surface area (Å²) in [6.07, 6.45) is 0.678. The summed E-state index contributed by atoms with van der Waals surface area (Å²) < 4.78 is 5.90. The SMILES string of the molecule is CC(C)CNC(=O)[C@H](C)N(CCc1ccccc1)C(=O)COc1ccccc1C(C)C. The molecule has 0 heterocycles. The monoisotopic (exact) mass is 424 g/mol. The van der Waals surface area contributed by atoms with Crippen LogP contribution in [0.5, 0.6) is 5.75 Å². The molecule has 0 saturated carbocycles. The van der Waals surface area contributed by atoms with Crippen molar-refractivity contribution in [3.63, 3.8) is 0 Å². The number of rotatable bonds is 11. The van der Waals surface area contributed by atoms with E-state index in [0.29, 0.717) is 37.1 Å². The minimum atomic E-state index is -0.570. The van der Waals surface area contributed by atoms with E-state index >= 15 is 0 Å². The number of nitrogens with zero attached hydrogens (tertiary/aromatic N) is 1. The second-order valence-electron chi connectivity index (χ2n) is 8.62. The molecule has 2 rings (SSSR count). The smallest absolute Gasteiger partial charge is 0.261 e. The van der Waals surface area contributed by atoms with E-state index in [1.807, 2.05) is 68.4 Å². The summed E-state index contributed by atoms with van der Waals surface area (Å²) in [6.45, 7) is 11.0. The van der Waals surface area contributed by atoms with Gasteiger partial charge in [0.15, 0.2) is 6.61 Å². The number of hydrogen-bond donors (Lipinski definition) is 1. The molecule has 0 bridgehead atoms. The van der Waals surface area contributed by atoms with Gasteiger partial charge in [-0.1, -0.05) is 76.2 Å². The first-order chi connectivity index (χ1) is 14.8. The Labute approximate surface area is 186 Å². The molecule has 2 amide bonds. The van der Waals surface area contributed by atoms with Crippen LogP contribution in [0.3, 0.4) is 0 Å². The molecule has 5 nitrogen and oxygen atoms in total. The normalized spacial score (nSPS) is 12.0. The van der Waals surface area contributed by atoms with Crippen LogP contribution in [0.1, 0.15) is 51.7 Å². The van der Waals surface area contributed by atoms with Gasteiger partial charge in [-0.15, -0.1) is 0 Å². The van der Waals surface area contributed by atoms with Gasteiger partial charge in [-0.3, -0.25) is 9.59 Å². The van der Waals surface area contributed by atoms with Gasteiger partial charge in [-0.2, -0.15) is 0 Å². The van der Waals surface area contributed by atoms with Gasteiger partial charge in [-0.25, -0.2) is 0 Å². The molecule has 1 N–H and O–H groups in total. The van der Waals surface area contributed by atoms with Crippen LogP contribution in [0.15, 0.2) is 54.6 Å². The molecule has 0 saturated heterocycles. The van der Waals surface area contributed by atoms with E-state index in [-0.39, 0.29) is 18.4 Å². The zero-order valence-corrected chi connectivity index (χ0v) is 19.4. The fourth-order valence-corrected chi connectivity index (χ4v) is 3.33. The lowest BCUT2D eigenvalue weighted by molar-refractivity contribution is -0.141. The second-order valence-corrected chi connectivity index (χ2v) is 8.62. The highest BCUT2D eigenvalue weighted by molar-refractivity contribution is 5.88. The Morgan fingerprint density at radius 1 is 0.935 bits per heavy atom. The van der Waals surface area contributed by atoms with Crippen LogP contribution >= 0.6 is 0 Å². The lowest BCUT2D eigenvalue weighted by Gasteiger charge is -2.29. The average Bonchev–Trinajstić information content (AvgIpc) is 2.76. The zero-order chi connectivity index (χ0) is 22.8. The minimum Gasteiger partial charge on any atom is -0.483 e. The Morgan fingerprint density at radius 3 is 2.23 bits per heavy atom. The summed E-state index contributed by atoms with van der Waals surface area (Å²) in [5.41, 5.74) is 2.19. The molecule has 5 heteroatoms. The molecule has 0 aliphatic carbocycles. The van der Waals surface area contributed by atoms with E-state index in [1.54, 1.807) is 11.8 Å². The van der Waals surface area contributed by atoms with Crippen molar-refractivity contribution < 1.29 is 14.3 Å². The van der Waals surface area contributed by atoms with Crippen molar-refractivity contribution in [3.8, 4) is 5.75 Å². The van der Waals surface area contributed by atoms with Crippen LogP contribution in [0.4, 0.5) is 0 Å². The van der Waals surface area contributed by atoms with Crippen molar-refractivity contribution in [2.45, 2.75) is 53.0 Å². The molecule has 0 unspecified atom stereocenters. The van der Waals surface area contributed by atoms with Gasteiger partial charge >= 0.3 is 0 Å². The summed E-state index contributed by atoms with van der Waals surface area (Å²) in [5, 5.41) is 2.94. The van der Waals surface area contributed by atoms with E-state index in [9.17, 15) is 9.59 Å². The van der Waals surface area contributed by atoms with Gasteiger partial charge < -0.3 is 15.0 Å². The maximum Gasteiger partial charge on any atom is 0.261 e. The molecular formula is C26H36N2O3. The number of nitrogens with one attached hydrogen (secondary N) is 1. The van der Waals surface area contributed by atoms with Crippen LogP contribution in [-0.4, -0.2) is 42.5 Å².